The van der Waals surface area contributed by atoms with Gasteiger partial charge in [-0.1, -0.05) is 42.8 Å². The minimum Gasteiger partial charge on any atom is -0.331 e. The monoisotopic (exact) mass is 412 g/mol. The van der Waals surface area contributed by atoms with Gasteiger partial charge in [-0.05, 0) is 25.0 Å². The maximum Gasteiger partial charge on any atom is 0.317 e. The second kappa shape index (κ2) is 6.97. The van der Waals surface area contributed by atoms with E-state index in [1.54, 1.807) is 36.4 Å². The Morgan fingerprint density at radius 1 is 0.733 bits per heavy atom. The molecule has 30 heavy (non-hydrogen) atoms. The van der Waals surface area contributed by atoms with Crippen LogP contribution in [-0.4, -0.2) is 17.7 Å². The third kappa shape index (κ3) is 2.81. The first-order chi connectivity index (χ1) is 14.5. The van der Waals surface area contributed by atoms with Crippen molar-refractivity contribution in [1.82, 2.24) is 21.3 Å². The quantitative estimate of drug-likeness (QED) is 0.609. The lowest BCUT2D eigenvalue weighted by Gasteiger charge is -2.59. The Labute approximate surface area is 172 Å². The third-order valence-corrected chi connectivity index (χ3v) is 6.70. The normalized spacial score (nSPS) is 32.6. The van der Waals surface area contributed by atoms with Gasteiger partial charge in [0.05, 0.1) is 12.1 Å². The predicted molar refractivity (Wildman–Crippen MR) is 105 cm³/mol. The smallest absolute Gasteiger partial charge is 0.317 e. The van der Waals surface area contributed by atoms with Crippen LogP contribution in [0.3, 0.4) is 0 Å². The molecule has 2 saturated heterocycles. The van der Waals surface area contributed by atoms with Crippen LogP contribution in [0.4, 0.5) is 18.4 Å². The Hall–Kier alpha value is -3.16. The second-order valence-electron chi connectivity index (χ2n) is 8.21. The molecule has 0 bridgehead atoms. The maximum atomic E-state index is 14.6. The average molecular weight is 412 g/mol. The Balaban J connectivity index is 1.62. The van der Waals surface area contributed by atoms with Crippen molar-refractivity contribution in [1.29, 1.82) is 0 Å². The fourth-order valence-corrected chi connectivity index (χ4v) is 5.52. The van der Waals surface area contributed by atoms with Crippen molar-refractivity contribution >= 4 is 12.1 Å². The average Bonchev–Trinajstić information content (AvgIpc) is 2.72. The van der Waals surface area contributed by atoms with E-state index in [9.17, 15) is 18.4 Å². The molecular weight excluding hydrogens is 390 g/mol. The van der Waals surface area contributed by atoms with Gasteiger partial charge < -0.3 is 21.3 Å². The van der Waals surface area contributed by atoms with Crippen LogP contribution < -0.4 is 21.3 Å². The van der Waals surface area contributed by atoms with Gasteiger partial charge in [0.25, 0.3) is 0 Å². The van der Waals surface area contributed by atoms with Crippen LogP contribution in [-0.2, 0) is 0 Å². The van der Waals surface area contributed by atoms with E-state index in [2.05, 4.69) is 21.3 Å². The molecule has 1 aliphatic carbocycles. The standard InChI is InChI=1S/C22H22F2N4O2/c23-16-10-3-1-6-12(16)18-14-8-5-9-15-19(13-7-2-4-11-17(13)24)26-21(30)28-22(14,15)27-20(29)25-18/h1-4,6-7,10-11,14-15,18-19H,5,8-9H2,(H2,25,27,29)(H2,26,28,30). The van der Waals surface area contributed by atoms with E-state index in [1.807, 2.05) is 0 Å². The highest BCUT2D eigenvalue weighted by molar-refractivity contribution is 5.81. The summed E-state index contributed by atoms with van der Waals surface area (Å²) >= 11 is 0. The van der Waals surface area contributed by atoms with Crippen molar-refractivity contribution in [3.05, 3.63) is 71.3 Å². The van der Waals surface area contributed by atoms with Crippen molar-refractivity contribution in [3.63, 3.8) is 0 Å². The molecule has 5 rings (SSSR count). The molecule has 2 aromatic rings. The third-order valence-electron chi connectivity index (χ3n) is 6.70. The van der Waals surface area contributed by atoms with Crippen LogP contribution in [0.1, 0.15) is 42.5 Å². The van der Waals surface area contributed by atoms with Gasteiger partial charge in [-0.2, -0.15) is 0 Å². The minimum absolute atomic E-state index is 0.300. The van der Waals surface area contributed by atoms with Gasteiger partial charge in [0, 0.05) is 23.0 Å². The molecule has 8 heteroatoms. The summed E-state index contributed by atoms with van der Waals surface area (Å²) in [7, 11) is 0. The fourth-order valence-electron chi connectivity index (χ4n) is 5.52. The number of urea groups is 2. The zero-order valence-electron chi connectivity index (χ0n) is 16.1. The van der Waals surface area contributed by atoms with Gasteiger partial charge in [0.15, 0.2) is 0 Å². The molecule has 4 atom stereocenters. The summed E-state index contributed by atoms with van der Waals surface area (Å²) in [4.78, 5) is 25.4. The lowest BCUT2D eigenvalue weighted by molar-refractivity contribution is -0.0134. The van der Waals surface area contributed by atoms with Crippen LogP contribution >= 0.6 is 0 Å². The SMILES string of the molecule is O=C1NC(c2ccccc2F)C2CCCC3C(c4ccccc4F)NC(=O)NC23N1. The molecule has 2 aliphatic heterocycles. The lowest BCUT2D eigenvalue weighted by atomic mass is 9.62. The van der Waals surface area contributed by atoms with Crippen molar-refractivity contribution in [3.8, 4) is 0 Å². The Bertz CT molecular complexity index is 935. The highest BCUT2D eigenvalue weighted by atomic mass is 19.1. The summed E-state index contributed by atoms with van der Waals surface area (Å²) in [6.07, 6.45) is 2.15. The van der Waals surface area contributed by atoms with Crippen molar-refractivity contribution < 1.29 is 18.4 Å². The zero-order chi connectivity index (χ0) is 20.9. The second-order valence-corrected chi connectivity index (χ2v) is 8.21. The number of hydrogen-bond acceptors (Lipinski definition) is 2. The van der Waals surface area contributed by atoms with Gasteiger partial charge in [-0.3, -0.25) is 0 Å². The molecule has 3 aliphatic rings. The van der Waals surface area contributed by atoms with Crippen LogP contribution in [0.5, 0.6) is 0 Å². The number of hydrogen-bond donors (Lipinski definition) is 4. The Kier molecular flexibility index (Phi) is 4.38. The van der Waals surface area contributed by atoms with Crippen LogP contribution in [0, 0.1) is 23.5 Å². The van der Waals surface area contributed by atoms with Gasteiger partial charge in [0.2, 0.25) is 0 Å². The maximum absolute atomic E-state index is 14.6. The van der Waals surface area contributed by atoms with Crippen molar-refractivity contribution in [2.75, 3.05) is 0 Å². The van der Waals surface area contributed by atoms with E-state index in [4.69, 9.17) is 0 Å². The first-order valence-corrected chi connectivity index (χ1v) is 10.2. The summed E-state index contributed by atoms with van der Waals surface area (Å²) in [5.74, 6) is -1.42. The molecule has 1 saturated carbocycles. The molecule has 0 radical (unpaired) electrons. The van der Waals surface area contributed by atoms with Crippen LogP contribution in [0.15, 0.2) is 48.5 Å². The van der Waals surface area contributed by atoms with Crippen molar-refractivity contribution in [2.24, 2.45) is 11.8 Å². The van der Waals surface area contributed by atoms with E-state index in [-0.39, 0.29) is 11.8 Å². The summed E-state index contributed by atoms with van der Waals surface area (Å²) in [5.41, 5.74) is -0.344. The Morgan fingerprint density at radius 3 is 1.60 bits per heavy atom. The number of halogens is 2. The molecule has 3 fully saturated rings. The van der Waals surface area contributed by atoms with Gasteiger partial charge in [-0.25, -0.2) is 18.4 Å². The molecule has 4 amide bonds. The molecule has 2 heterocycles. The summed E-state index contributed by atoms with van der Waals surface area (Å²) in [6.45, 7) is 0. The number of amides is 4. The first-order valence-electron chi connectivity index (χ1n) is 10.2. The number of carbonyl (C=O) groups is 2. The molecule has 6 nitrogen and oxygen atoms in total. The van der Waals surface area contributed by atoms with Gasteiger partial charge >= 0.3 is 12.1 Å². The van der Waals surface area contributed by atoms with E-state index < -0.39 is 41.4 Å². The summed E-state index contributed by atoms with van der Waals surface area (Å²) in [6, 6.07) is 10.5. The van der Waals surface area contributed by atoms with E-state index >= 15 is 0 Å². The fraction of sp³-hybridized carbons (Fsp3) is 0.364. The molecule has 4 N–H and O–H groups in total. The zero-order valence-corrected chi connectivity index (χ0v) is 16.1. The number of nitrogens with one attached hydrogen (secondary N) is 4. The Morgan fingerprint density at radius 2 is 1.17 bits per heavy atom. The number of carbonyl (C=O) groups excluding carboxylic acids is 2. The highest BCUT2D eigenvalue weighted by Gasteiger charge is 2.60. The van der Waals surface area contributed by atoms with E-state index in [0.29, 0.717) is 24.0 Å². The summed E-state index contributed by atoms with van der Waals surface area (Å²) in [5, 5.41) is 11.6. The first kappa shape index (κ1) is 18.8. The minimum atomic E-state index is -1.11. The van der Waals surface area contributed by atoms with Crippen LogP contribution in [0.2, 0.25) is 0 Å². The molecule has 4 unspecified atom stereocenters. The number of rotatable bonds is 2. The van der Waals surface area contributed by atoms with Gasteiger partial charge in [-0.15, -0.1) is 0 Å². The topological polar surface area (TPSA) is 82.3 Å². The lowest BCUT2D eigenvalue weighted by Crippen LogP contribution is -2.80. The highest BCUT2D eigenvalue weighted by Crippen LogP contribution is 2.51. The molecule has 156 valence electrons. The molecule has 1 spiro atoms. The molecule has 2 aromatic carbocycles. The van der Waals surface area contributed by atoms with Crippen LogP contribution in [0.25, 0.3) is 0 Å². The molecular formula is C22H22F2N4O2. The van der Waals surface area contributed by atoms with E-state index in [1.165, 1.54) is 12.1 Å². The predicted octanol–water partition coefficient (Wildman–Crippen LogP) is 3.49. The summed E-state index contributed by atoms with van der Waals surface area (Å²) < 4.78 is 29.3. The van der Waals surface area contributed by atoms with Crippen molar-refractivity contribution in [2.45, 2.75) is 37.0 Å². The van der Waals surface area contributed by atoms with E-state index in [0.717, 1.165) is 6.42 Å². The largest absolute Gasteiger partial charge is 0.331 e. The molecule has 0 aromatic heterocycles. The number of benzene rings is 2. The van der Waals surface area contributed by atoms with Gasteiger partial charge in [0.1, 0.15) is 17.3 Å².